The van der Waals surface area contributed by atoms with Gasteiger partial charge in [0.15, 0.2) is 0 Å². The van der Waals surface area contributed by atoms with Crippen LogP contribution in [0.25, 0.3) is 0 Å². The van der Waals surface area contributed by atoms with Crippen molar-refractivity contribution >= 4 is 22.0 Å². The third-order valence-corrected chi connectivity index (χ3v) is 4.44. The molecule has 4 nitrogen and oxygen atoms in total. The Morgan fingerprint density at radius 2 is 2.10 bits per heavy atom. The number of carbonyl (C=O) groups is 1. The summed E-state index contributed by atoms with van der Waals surface area (Å²) in [5.41, 5.74) is 0.540. The molecule has 1 aromatic rings. The lowest BCUT2D eigenvalue weighted by Gasteiger charge is -2.41. The summed E-state index contributed by atoms with van der Waals surface area (Å²) in [6, 6.07) is 7.93. The Balaban J connectivity index is 2.07. The molecule has 1 aliphatic rings. The molecule has 1 fully saturated rings. The molecule has 0 aromatic heterocycles. The molecule has 0 radical (unpaired) electrons. The lowest BCUT2D eigenvalue weighted by atomic mass is 9.95. The number of aliphatic hydroxyl groups excluding tert-OH is 1. The zero-order chi connectivity index (χ0) is 14.8. The van der Waals surface area contributed by atoms with Crippen molar-refractivity contribution in [2.45, 2.75) is 38.3 Å². The predicted octanol–water partition coefficient (Wildman–Crippen LogP) is 3.49. The van der Waals surface area contributed by atoms with E-state index in [0.29, 0.717) is 13.0 Å². The van der Waals surface area contributed by atoms with E-state index in [0.717, 1.165) is 16.5 Å². The first-order chi connectivity index (χ1) is 9.45. The van der Waals surface area contributed by atoms with Gasteiger partial charge < -0.3 is 14.7 Å². The predicted molar refractivity (Wildman–Crippen MR) is 80.5 cm³/mol. The summed E-state index contributed by atoms with van der Waals surface area (Å²) < 4.78 is 6.53. The Labute approximate surface area is 127 Å². The number of halogens is 1. The highest BCUT2D eigenvalue weighted by Crippen LogP contribution is 2.31. The van der Waals surface area contributed by atoms with E-state index >= 15 is 0 Å². The molecule has 0 aliphatic carbocycles. The van der Waals surface area contributed by atoms with Crippen LogP contribution in [-0.4, -0.2) is 34.9 Å². The maximum absolute atomic E-state index is 12.2. The summed E-state index contributed by atoms with van der Waals surface area (Å²) in [6.45, 7) is 4.56. The van der Waals surface area contributed by atoms with Gasteiger partial charge in [-0.05, 0) is 31.5 Å². The molecular weight excluding hydrogens is 322 g/mol. The average molecular weight is 342 g/mol. The van der Waals surface area contributed by atoms with Gasteiger partial charge in [0, 0.05) is 30.5 Å². The fourth-order valence-corrected chi connectivity index (χ4v) is 2.72. The molecule has 1 N–H and O–H groups in total. The van der Waals surface area contributed by atoms with Gasteiger partial charge in [0.25, 0.3) is 0 Å². The van der Waals surface area contributed by atoms with Crippen molar-refractivity contribution in [1.29, 1.82) is 0 Å². The Kier molecular flexibility index (Phi) is 4.70. The molecule has 1 heterocycles. The Morgan fingerprint density at radius 3 is 2.65 bits per heavy atom. The van der Waals surface area contributed by atoms with Crippen molar-refractivity contribution < 1.29 is 14.6 Å². The Hall–Kier alpha value is -1.07. The van der Waals surface area contributed by atoms with Crippen LogP contribution in [0.5, 0.6) is 0 Å². The van der Waals surface area contributed by atoms with Crippen molar-refractivity contribution in [1.82, 2.24) is 4.90 Å². The highest BCUT2D eigenvalue weighted by atomic mass is 79.9. The van der Waals surface area contributed by atoms with Gasteiger partial charge in [-0.3, -0.25) is 0 Å². The van der Waals surface area contributed by atoms with Gasteiger partial charge in [0.1, 0.15) is 5.60 Å². The van der Waals surface area contributed by atoms with E-state index < -0.39 is 5.60 Å². The maximum atomic E-state index is 12.2. The summed E-state index contributed by atoms with van der Waals surface area (Å²) in [4.78, 5) is 13.9. The first-order valence-corrected chi connectivity index (χ1v) is 7.60. The topological polar surface area (TPSA) is 49.8 Å². The van der Waals surface area contributed by atoms with Crippen LogP contribution < -0.4 is 0 Å². The van der Waals surface area contributed by atoms with E-state index in [4.69, 9.17) is 9.84 Å². The van der Waals surface area contributed by atoms with Crippen LogP contribution in [0.1, 0.15) is 38.3 Å². The number of carbonyl (C=O) groups excluding carboxylic acids is 1. The van der Waals surface area contributed by atoms with Gasteiger partial charge in [-0.2, -0.15) is 0 Å². The second-order valence-electron chi connectivity index (χ2n) is 5.46. The first-order valence-electron chi connectivity index (χ1n) is 6.81. The number of rotatable bonds is 4. The maximum Gasteiger partial charge on any atom is 0.410 e. The largest absolute Gasteiger partial charge is 0.443 e. The van der Waals surface area contributed by atoms with E-state index in [1.807, 2.05) is 38.1 Å². The fraction of sp³-hybridized carbons (Fsp3) is 0.533. The van der Waals surface area contributed by atoms with Gasteiger partial charge in [-0.1, -0.05) is 28.1 Å². The van der Waals surface area contributed by atoms with E-state index in [1.165, 1.54) is 0 Å². The number of nitrogens with zero attached hydrogens (tertiary/aromatic N) is 1. The minimum atomic E-state index is -0.540. The third kappa shape index (κ3) is 3.33. The molecule has 110 valence electrons. The third-order valence-electron chi connectivity index (χ3n) is 3.91. The van der Waals surface area contributed by atoms with Crippen molar-refractivity contribution in [3.8, 4) is 0 Å². The number of benzene rings is 1. The van der Waals surface area contributed by atoms with Gasteiger partial charge in [-0.25, -0.2) is 4.79 Å². The Morgan fingerprint density at radius 1 is 1.45 bits per heavy atom. The normalized spacial score (nSPS) is 24.4. The molecular formula is C15H20BrNO3. The number of ether oxygens (including phenoxy) is 1. The zero-order valence-corrected chi connectivity index (χ0v) is 13.4. The number of amides is 1. The Bertz CT molecular complexity index is 477. The summed E-state index contributed by atoms with van der Waals surface area (Å²) >= 11 is 3.41. The van der Waals surface area contributed by atoms with Crippen LogP contribution in [-0.2, 0) is 4.74 Å². The SMILES string of the molecule is C[C@@H](c1ccc(Br)cc1)N1CC[C@@](C)(CCO)OC1=O. The number of hydrogen-bond acceptors (Lipinski definition) is 3. The second-order valence-corrected chi connectivity index (χ2v) is 6.38. The lowest BCUT2D eigenvalue weighted by molar-refractivity contribution is -0.0559. The highest BCUT2D eigenvalue weighted by molar-refractivity contribution is 9.10. The minimum absolute atomic E-state index is 0.0192. The molecule has 0 spiro atoms. The summed E-state index contributed by atoms with van der Waals surface area (Å²) in [5, 5.41) is 9.04. The zero-order valence-electron chi connectivity index (χ0n) is 11.8. The van der Waals surface area contributed by atoms with E-state index in [9.17, 15) is 4.79 Å². The molecule has 2 rings (SSSR count). The number of aliphatic hydroxyl groups is 1. The minimum Gasteiger partial charge on any atom is -0.443 e. The van der Waals surface area contributed by atoms with Crippen molar-refractivity contribution in [2.24, 2.45) is 0 Å². The molecule has 1 aliphatic heterocycles. The quantitative estimate of drug-likeness (QED) is 0.911. The lowest BCUT2D eigenvalue weighted by Crippen LogP contribution is -2.49. The summed E-state index contributed by atoms with van der Waals surface area (Å²) in [6.07, 6.45) is 0.919. The van der Waals surface area contributed by atoms with Gasteiger partial charge in [0.05, 0.1) is 6.04 Å². The average Bonchev–Trinajstić information content (AvgIpc) is 2.39. The molecule has 20 heavy (non-hydrogen) atoms. The van der Waals surface area contributed by atoms with Crippen molar-refractivity contribution in [3.63, 3.8) is 0 Å². The highest BCUT2D eigenvalue weighted by Gasteiger charge is 2.38. The monoisotopic (exact) mass is 341 g/mol. The second kappa shape index (κ2) is 6.14. The molecule has 1 saturated heterocycles. The van der Waals surface area contributed by atoms with Crippen LogP contribution in [0, 0.1) is 0 Å². The molecule has 2 atom stereocenters. The van der Waals surface area contributed by atoms with Gasteiger partial charge in [0.2, 0.25) is 0 Å². The standard InChI is InChI=1S/C15H20BrNO3/c1-11(12-3-5-13(16)6-4-12)17-9-7-15(2,8-10-18)20-14(17)19/h3-6,11,18H,7-10H2,1-2H3/t11-,15-/m0/s1. The molecule has 0 unspecified atom stereocenters. The molecule has 1 amide bonds. The van der Waals surface area contributed by atoms with Crippen LogP contribution in [0.15, 0.2) is 28.7 Å². The fourth-order valence-electron chi connectivity index (χ4n) is 2.45. The number of cyclic esters (lactones) is 1. The van der Waals surface area contributed by atoms with Crippen LogP contribution >= 0.6 is 15.9 Å². The van der Waals surface area contributed by atoms with Crippen LogP contribution in [0.2, 0.25) is 0 Å². The first kappa shape index (κ1) is 15.3. The van der Waals surface area contributed by atoms with Gasteiger partial charge in [-0.15, -0.1) is 0 Å². The molecule has 5 heteroatoms. The molecule has 0 saturated carbocycles. The van der Waals surface area contributed by atoms with E-state index in [-0.39, 0.29) is 18.7 Å². The van der Waals surface area contributed by atoms with E-state index in [2.05, 4.69) is 15.9 Å². The number of hydrogen-bond donors (Lipinski definition) is 1. The summed E-state index contributed by atoms with van der Waals surface area (Å²) in [5.74, 6) is 0. The van der Waals surface area contributed by atoms with Crippen molar-refractivity contribution in [3.05, 3.63) is 34.3 Å². The van der Waals surface area contributed by atoms with Crippen LogP contribution in [0.3, 0.4) is 0 Å². The smallest absolute Gasteiger partial charge is 0.410 e. The molecule has 1 aromatic carbocycles. The van der Waals surface area contributed by atoms with Gasteiger partial charge >= 0.3 is 6.09 Å². The molecule has 0 bridgehead atoms. The van der Waals surface area contributed by atoms with Crippen LogP contribution in [0.4, 0.5) is 4.79 Å². The summed E-state index contributed by atoms with van der Waals surface area (Å²) in [7, 11) is 0. The van der Waals surface area contributed by atoms with Crippen molar-refractivity contribution in [2.75, 3.05) is 13.2 Å². The van der Waals surface area contributed by atoms with E-state index in [1.54, 1.807) is 4.90 Å².